The number of halogens is 1. The van der Waals surface area contributed by atoms with E-state index in [4.69, 9.17) is 21.1 Å². The first-order chi connectivity index (χ1) is 21.1. The SMILES string of the molecule is COc1cc2c(cc1OC(C)C)C(c1ccc(Cl)cc1)N(c1ccc(C(C)(O)C3CC4CCCC(C3)N4C=O)cc1)C(=O)C2. The molecule has 7 nitrogen and oxygen atoms in total. The third kappa shape index (κ3) is 5.56. The van der Waals surface area contributed by atoms with Gasteiger partial charge in [0.2, 0.25) is 12.3 Å². The van der Waals surface area contributed by atoms with Crippen LogP contribution in [0.2, 0.25) is 5.02 Å². The molecule has 2 saturated heterocycles. The number of carbonyl (C=O) groups is 2. The van der Waals surface area contributed by atoms with Crippen molar-refractivity contribution in [1.29, 1.82) is 0 Å². The lowest BCUT2D eigenvalue weighted by Crippen LogP contribution is -2.54. The van der Waals surface area contributed by atoms with Crippen LogP contribution in [0.1, 0.15) is 81.2 Å². The summed E-state index contributed by atoms with van der Waals surface area (Å²) in [5.74, 6) is 1.24. The number of rotatable bonds is 8. The molecule has 4 unspecified atom stereocenters. The van der Waals surface area contributed by atoms with E-state index in [0.29, 0.717) is 16.5 Å². The minimum atomic E-state index is -1.06. The van der Waals surface area contributed by atoms with Gasteiger partial charge in [0.05, 0.1) is 31.3 Å². The predicted octanol–water partition coefficient (Wildman–Crippen LogP) is 6.81. The Hall–Kier alpha value is -3.55. The van der Waals surface area contributed by atoms with E-state index in [-0.39, 0.29) is 36.4 Å². The van der Waals surface area contributed by atoms with Crippen LogP contribution in [0.4, 0.5) is 5.69 Å². The predicted molar refractivity (Wildman–Crippen MR) is 171 cm³/mol. The molecule has 3 aliphatic rings. The maximum Gasteiger partial charge on any atom is 0.232 e. The van der Waals surface area contributed by atoms with Gasteiger partial charge in [-0.1, -0.05) is 35.9 Å². The number of ether oxygens (including phenoxy) is 2. The standard InChI is InChI=1S/C36H41ClN2O5/c1-22(2)44-33-20-31-24(16-32(33)43-4)17-34(41)39(35(31)23-8-12-27(37)13-9-23)28-14-10-25(11-15-28)36(3,42)26-18-29-6-5-7-30(19-26)38(29)21-40/h8-16,20-22,26,29-30,35,42H,5-7,17-19H2,1-4H3. The summed E-state index contributed by atoms with van der Waals surface area (Å²) in [5, 5.41) is 12.5. The van der Waals surface area contributed by atoms with Gasteiger partial charge in [0.1, 0.15) is 0 Å². The Kier molecular flexibility index (Phi) is 8.38. The van der Waals surface area contributed by atoms with E-state index in [1.165, 1.54) is 0 Å². The number of carbonyl (C=O) groups excluding carboxylic acids is 2. The highest BCUT2D eigenvalue weighted by molar-refractivity contribution is 6.30. The van der Waals surface area contributed by atoms with E-state index in [2.05, 4.69) is 0 Å². The molecule has 0 aromatic heterocycles. The summed E-state index contributed by atoms with van der Waals surface area (Å²) in [7, 11) is 1.61. The summed E-state index contributed by atoms with van der Waals surface area (Å²) >= 11 is 6.27. The Bertz CT molecular complexity index is 1510. The molecule has 2 amide bonds. The van der Waals surface area contributed by atoms with Crippen LogP contribution in [-0.4, -0.2) is 47.6 Å². The zero-order valence-corrected chi connectivity index (χ0v) is 26.6. The molecule has 0 radical (unpaired) electrons. The Morgan fingerprint density at radius 2 is 1.66 bits per heavy atom. The molecule has 4 atom stereocenters. The molecular weight excluding hydrogens is 576 g/mol. The van der Waals surface area contributed by atoms with Gasteiger partial charge in [-0.05, 0) is 117 Å². The fourth-order valence-electron chi connectivity index (χ4n) is 7.57. The van der Waals surface area contributed by atoms with Crippen molar-refractivity contribution >= 4 is 29.6 Å². The number of benzene rings is 3. The first-order valence-electron chi connectivity index (χ1n) is 15.6. The van der Waals surface area contributed by atoms with Crippen molar-refractivity contribution in [2.75, 3.05) is 12.0 Å². The lowest BCUT2D eigenvalue weighted by Gasteiger charge is -2.50. The summed E-state index contributed by atoms with van der Waals surface area (Å²) in [5.41, 5.74) is 3.28. The van der Waals surface area contributed by atoms with Gasteiger partial charge in [-0.3, -0.25) is 9.59 Å². The molecule has 3 aromatic rings. The summed E-state index contributed by atoms with van der Waals surface area (Å²) in [4.78, 5) is 29.5. The van der Waals surface area contributed by atoms with E-state index in [1.54, 1.807) is 7.11 Å². The van der Waals surface area contributed by atoms with Gasteiger partial charge in [0, 0.05) is 22.8 Å². The highest BCUT2D eigenvalue weighted by Gasteiger charge is 2.45. The summed E-state index contributed by atoms with van der Waals surface area (Å²) in [6.07, 6.45) is 5.83. The van der Waals surface area contributed by atoms with Gasteiger partial charge in [-0.15, -0.1) is 0 Å². The fourth-order valence-corrected chi connectivity index (χ4v) is 7.70. The van der Waals surface area contributed by atoms with E-state index >= 15 is 0 Å². The van der Waals surface area contributed by atoms with E-state index in [0.717, 1.165) is 66.5 Å². The van der Waals surface area contributed by atoms with Gasteiger partial charge in [-0.25, -0.2) is 0 Å². The number of fused-ring (bicyclic) bond motifs is 3. The molecule has 8 heteroatoms. The molecule has 3 aromatic carbocycles. The third-order valence-corrected chi connectivity index (χ3v) is 10.1. The van der Waals surface area contributed by atoms with Crippen LogP contribution in [0.5, 0.6) is 11.5 Å². The number of piperidine rings is 2. The topological polar surface area (TPSA) is 79.3 Å². The number of methoxy groups -OCH3 is 1. The molecule has 0 spiro atoms. The highest BCUT2D eigenvalue weighted by Crippen LogP contribution is 2.46. The van der Waals surface area contributed by atoms with Gasteiger partial charge in [0.25, 0.3) is 0 Å². The summed E-state index contributed by atoms with van der Waals surface area (Å²) in [6.45, 7) is 5.83. The lowest BCUT2D eigenvalue weighted by molar-refractivity contribution is -0.133. The number of aliphatic hydroxyl groups is 1. The first-order valence-corrected chi connectivity index (χ1v) is 16.0. The van der Waals surface area contributed by atoms with E-state index in [1.807, 2.05) is 91.2 Å². The first kappa shape index (κ1) is 30.5. The van der Waals surface area contributed by atoms with Crippen LogP contribution in [0.3, 0.4) is 0 Å². The minimum absolute atomic E-state index is 0.0365. The van der Waals surface area contributed by atoms with Crippen LogP contribution in [0.15, 0.2) is 60.7 Å². The molecule has 232 valence electrons. The molecule has 1 N–H and O–H groups in total. The number of hydrogen-bond acceptors (Lipinski definition) is 5. The van der Waals surface area contributed by atoms with Crippen LogP contribution in [0, 0.1) is 5.92 Å². The van der Waals surface area contributed by atoms with Crippen molar-refractivity contribution in [2.24, 2.45) is 5.92 Å². The summed E-state index contributed by atoms with van der Waals surface area (Å²) < 4.78 is 11.8. The van der Waals surface area contributed by atoms with Crippen molar-refractivity contribution in [3.63, 3.8) is 0 Å². The van der Waals surface area contributed by atoms with Gasteiger partial charge in [-0.2, -0.15) is 0 Å². The highest BCUT2D eigenvalue weighted by atomic mass is 35.5. The molecular formula is C36H41ClN2O5. The Morgan fingerprint density at radius 3 is 2.25 bits per heavy atom. The lowest BCUT2D eigenvalue weighted by atomic mass is 9.70. The molecule has 2 bridgehead atoms. The molecule has 6 rings (SSSR count). The van der Waals surface area contributed by atoms with Crippen LogP contribution in [-0.2, 0) is 21.6 Å². The van der Waals surface area contributed by atoms with Crippen LogP contribution >= 0.6 is 11.6 Å². The molecule has 0 saturated carbocycles. The van der Waals surface area contributed by atoms with Crippen molar-refractivity contribution in [3.05, 3.63) is 87.9 Å². The Balaban J connectivity index is 1.36. The normalized spacial score (nSPS) is 24.5. The second-order valence-electron chi connectivity index (χ2n) is 12.9. The van der Waals surface area contributed by atoms with E-state index in [9.17, 15) is 14.7 Å². The second kappa shape index (κ2) is 12.1. The molecule has 44 heavy (non-hydrogen) atoms. The molecule has 2 fully saturated rings. The average Bonchev–Trinajstić information content (AvgIpc) is 3.00. The average molecular weight is 617 g/mol. The minimum Gasteiger partial charge on any atom is -0.493 e. The quantitative estimate of drug-likeness (QED) is 0.281. The van der Waals surface area contributed by atoms with E-state index < -0.39 is 11.6 Å². The fraction of sp³-hybridized carbons (Fsp3) is 0.444. The van der Waals surface area contributed by atoms with Gasteiger partial charge in [0.15, 0.2) is 11.5 Å². The smallest absolute Gasteiger partial charge is 0.232 e. The number of hydrogen-bond donors (Lipinski definition) is 1. The Labute approximate surface area is 264 Å². The van der Waals surface area contributed by atoms with Crippen molar-refractivity contribution in [2.45, 2.75) is 89.1 Å². The van der Waals surface area contributed by atoms with Crippen LogP contribution < -0.4 is 14.4 Å². The van der Waals surface area contributed by atoms with Gasteiger partial charge >= 0.3 is 0 Å². The zero-order valence-electron chi connectivity index (χ0n) is 25.8. The molecule has 3 aliphatic heterocycles. The number of nitrogens with zero attached hydrogens (tertiary/aromatic N) is 2. The Morgan fingerprint density at radius 1 is 1.00 bits per heavy atom. The maximum atomic E-state index is 13.9. The number of anilines is 1. The largest absolute Gasteiger partial charge is 0.493 e. The third-order valence-electron chi connectivity index (χ3n) is 9.81. The summed E-state index contributed by atoms with van der Waals surface area (Å²) in [6, 6.07) is 19.2. The zero-order chi connectivity index (χ0) is 31.2. The van der Waals surface area contributed by atoms with Gasteiger partial charge < -0.3 is 24.4 Å². The van der Waals surface area contributed by atoms with Crippen LogP contribution in [0.25, 0.3) is 0 Å². The molecule has 0 aliphatic carbocycles. The molecule has 3 heterocycles. The monoisotopic (exact) mass is 616 g/mol. The van der Waals surface area contributed by atoms with Crippen molar-refractivity contribution in [1.82, 2.24) is 4.90 Å². The van der Waals surface area contributed by atoms with Crippen molar-refractivity contribution in [3.8, 4) is 11.5 Å². The van der Waals surface area contributed by atoms with Crippen molar-refractivity contribution < 1.29 is 24.2 Å². The second-order valence-corrected chi connectivity index (χ2v) is 13.4. The number of amides is 2. The maximum absolute atomic E-state index is 13.9.